The second-order valence-corrected chi connectivity index (χ2v) is 6.48. The molecule has 4 rings (SSSR count). The number of nitro benzene ring substituents is 1. The third-order valence-corrected chi connectivity index (χ3v) is 4.54. The molecule has 9 nitrogen and oxygen atoms in total. The number of non-ortho nitro benzene ring substituents is 1. The lowest BCUT2D eigenvalue weighted by Gasteiger charge is -2.11. The van der Waals surface area contributed by atoms with Crippen LogP contribution in [0.2, 0.25) is 0 Å². The van der Waals surface area contributed by atoms with Crippen LogP contribution in [0, 0.1) is 17.0 Å². The minimum Gasteiger partial charge on any atom is -0.322 e. The van der Waals surface area contributed by atoms with E-state index in [1.165, 1.54) is 28.8 Å². The van der Waals surface area contributed by atoms with Crippen molar-refractivity contribution in [3.8, 4) is 5.69 Å². The highest BCUT2D eigenvalue weighted by Crippen LogP contribution is 2.17. The summed E-state index contributed by atoms with van der Waals surface area (Å²) in [7, 11) is 0. The number of pyridine rings is 1. The third-order valence-electron chi connectivity index (χ3n) is 4.54. The Hall–Kier alpha value is -4.40. The summed E-state index contributed by atoms with van der Waals surface area (Å²) >= 11 is 0. The highest BCUT2D eigenvalue weighted by Gasteiger charge is 2.12. The van der Waals surface area contributed by atoms with Gasteiger partial charge in [-0.3, -0.25) is 24.3 Å². The number of hydrogen-bond donors (Lipinski definition) is 1. The van der Waals surface area contributed by atoms with E-state index < -0.39 is 10.8 Å². The van der Waals surface area contributed by atoms with Crippen molar-refractivity contribution in [2.24, 2.45) is 0 Å². The number of amides is 1. The summed E-state index contributed by atoms with van der Waals surface area (Å²) in [6.07, 6.45) is 1.58. The molecule has 2 aromatic heterocycles. The van der Waals surface area contributed by atoms with Crippen LogP contribution in [-0.2, 0) is 0 Å². The van der Waals surface area contributed by atoms with E-state index in [9.17, 15) is 19.7 Å². The molecule has 0 bridgehead atoms. The van der Waals surface area contributed by atoms with Crippen molar-refractivity contribution in [3.05, 3.63) is 98.7 Å². The van der Waals surface area contributed by atoms with E-state index in [1.807, 2.05) is 0 Å². The van der Waals surface area contributed by atoms with E-state index in [2.05, 4.69) is 15.3 Å². The number of carbonyl (C=O) groups excluding carboxylic acids is 1. The first-order chi connectivity index (χ1) is 14.4. The van der Waals surface area contributed by atoms with Crippen molar-refractivity contribution >= 4 is 28.3 Å². The monoisotopic (exact) mass is 401 g/mol. The zero-order valence-electron chi connectivity index (χ0n) is 15.8. The number of aryl methyl sites for hydroxylation is 1. The lowest BCUT2D eigenvalue weighted by molar-refractivity contribution is -0.384. The Morgan fingerprint density at radius 2 is 1.77 bits per heavy atom. The van der Waals surface area contributed by atoms with Gasteiger partial charge in [0.25, 0.3) is 17.2 Å². The van der Waals surface area contributed by atoms with Crippen LogP contribution < -0.4 is 10.9 Å². The highest BCUT2D eigenvalue weighted by atomic mass is 16.6. The summed E-state index contributed by atoms with van der Waals surface area (Å²) in [5.41, 5.74) is 1.49. The maximum atomic E-state index is 12.8. The van der Waals surface area contributed by atoms with E-state index >= 15 is 0 Å². The average molecular weight is 401 g/mol. The van der Waals surface area contributed by atoms with E-state index in [0.717, 1.165) is 0 Å². The van der Waals surface area contributed by atoms with E-state index in [4.69, 9.17) is 0 Å². The Morgan fingerprint density at radius 1 is 1.07 bits per heavy atom. The molecule has 0 unspecified atom stereocenters. The number of aromatic nitrogens is 3. The fourth-order valence-corrected chi connectivity index (χ4v) is 3.06. The Kier molecular flexibility index (Phi) is 4.77. The van der Waals surface area contributed by atoms with Gasteiger partial charge in [0.2, 0.25) is 0 Å². The predicted octanol–water partition coefficient (Wildman–Crippen LogP) is 3.25. The predicted molar refractivity (Wildman–Crippen MR) is 111 cm³/mol. The van der Waals surface area contributed by atoms with Crippen molar-refractivity contribution in [1.82, 2.24) is 14.5 Å². The molecular formula is C21H15N5O4. The van der Waals surface area contributed by atoms with Crippen molar-refractivity contribution in [2.45, 2.75) is 6.92 Å². The lowest BCUT2D eigenvalue weighted by Crippen LogP contribution is -2.22. The van der Waals surface area contributed by atoms with Crippen molar-refractivity contribution in [3.63, 3.8) is 0 Å². The van der Waals surface area contributed by atoms with Gasteiger partial charge in [0, 0.05) is 29.6 Å². The number of fused-ring (bicyclic) bond motifs is 1. The van der Waals surface area contributed by atoms with Gasteiger partial charge in [0.1, 0.15) is 5.82 Å². The van der Waals surface area contributed by atoms with Crippen molar-refractivity contribution < 1.29 is 9.72 Å². The minimum atomic E-state index is -0.526. The van der Waals surface area contributed by atoms with Crippen LogP contribution in [0.25, 0.3) is 16.7 Å². The maximum Gasteiger partial charge on any atom is 0.269 e. The molecule has 0 fully saturated rings. The number of nitrogens with zero attached hydrogens (tertiary/aromatic N) is 4. The summed E-state index contributed by atoms with van der Waals surface area (Å²) in [5, 5.41) is 13.9. The highest BCUT2D eigenvalue weighted by molar-refractivity contribution is 6.04. The number of carbonyl (C=O) groups is 1. The molecule has 0 aliphatic heterocycles. The van der Waals surface area contributed by atoms with Gasteiger partial charge in [0.05, 0.1) is 16.0 Å². The Bertz CT molecular complexity index is 1330. The smallest absolute Gasteiger partial charge is 0.269 e. The second kappa shape index (κ2) is 7.55. The van der Waals surface area contributed by atoms with Crippen LogP contribution in [0.3, 0.4) is 0 Å². The first-order valence-corrected chi connectivity index (χ1v) is 8.94. The Balaban J connectivity index is 1.59. The van der Waals surface area contributed by atoms with Crippen LogP contribution in [0.5, 0.6) is 0 Å². The summed E-state index contributed by atoms with van der Waals surface area (Å²) in [5.74, 6) is 0.0957. The van der Waals surface area contributed by atoms with E-state index in [-0.39, 0.29) is 11.2 Å². The third kappa shape index (κ3) is 3.51. The van der Waals surface area contributed by atoms with Gasteiger partial charge in [0.15, 0.2) is 5.65 Å². The first-order valence-electron chi connectivity index (χ1n) is 8.94. The standard InChI is InChI=1S/C21H15N5O4/c1-13-23-19-18(3-2-12-22-19)21(28)25(13)16-10-6-15(7-11-16)24-20(27)14-4-8-17(9-5-14)26(29)30/h2-12H,1H3,(H,24,27). The number of hydrogen-bond acceptors (Lipinski definition) is 6. The maximum absolute atomic E-state index is 12.8. The molecule has 2 aromatic carbocycles. The molecule has 148 valence electrons. The summed E-state index contributed by atoms with van der Waals surface area (Å²) in [4.78, 5) is 43.9. The van der Waals surface area contributed by atoms with Crippen LogP contribution in [-0.4, -0.2) is 25.4 Å². The fourth-order valence-electron chi connectivity index (χ4n) is 3.06. The average Bonchev–Trinajstić information content (AvgIpc) is 2.75. The molecule has 0 aliphatic carbocycles. The van der Waals surface area contributed by atoms with Crippen LogP contribution in [0.1, 0.15) is 16.2 Å². The van der Waals surface area contributed by atoms with Crippen LogP contribution in [0.15, 0.2) is 71.7 Å². The minimum absolute atomic E-state index is 0.0871. The van der Waals surface area contributed by atoms with Gasteiger partial charge in [-0.2, -0.15) is 0 Å². The Labute approximate surface area is 169 Å². The van der Waals surface area contributed by atoms with E-state index in [0.29, 0.717) is 33.8 Å². The molecule has 0 radical (unpaired) electrons. The summed E-state index contributed by atoms with van der Waals surface area (Å²) in [6, 6.07) is 15.4. The molecule has 30 heavy (non-hydrogen) atoms. The zero-order valence-corrected chi connectivity index (χ0v) is 15.8. The number of nitrogens with one attached hydrogen (secondary N) is 1. The van der Waals surface area contributed by atoms with Crippen LogP contribution >= 0.6 is 0 Å². The molecule has 1 N–H and O–H groups in total. The quantitative estimate of drug-likeness (QED) is 0.414. The molecule has 0 aliphatic rings. The molecule has 0 spiro atoms. The normalized spacial score (nSPS) is 10.7. The number of anilines is 1. The van der Waals surface area contributed by atoms with Gasteiger partial charge in [-0.25, -0.2) is 9.97 Å². The van der Waals surface area contributed by atoms with Gasteiger partial charge >= 0.3 is 0 Å². The van der Waals surface area contributed by atoms with Gasteiger partial charge in [-0.05, 0) is 55.5 Å². The zero-order chi connectivity index (χ0) is 21.3. The topological polar surface area (TPSA) is 120 Å². The number of benzene rings is 2. The van der Waals surface area contributed by atoms with Gasteiger partial charge in [-0.1, -0.05) is 0 Å². The number of rotatable bonds is 4. The molecular weight excluding hydrogens is 386 g/mol. The number of nitro groups is 1. The molecule has 2 heterocycles. The summed E-state index contributed by atoms with van der Waals surface area (Å²) < 4.78 is 1.48. The largest absolute Gasteiger partial charge is 0.322 e. The molecule has 4 aromatic rings. The van der Waals surface area contributed by atoms with Crippen LogP contribution in [0.4, 0.5) is 11.4 Å². The molecule has 0 saturated heterocycles. The second-order valence-electron chi connectivity index (χ2n) is 6.48. The van der Waals surface area contributed by atoms with E-state index in [1.54, 1.807) is 49.5 Å². The SMILES string of the molecule is Cc1nc2ncccc2c(=O)n1-c1ccc(NC(=O)c2ccc([N+](=O)[O-])cc2)cc1. The summed E-state index contributed by atoms with van der Waals surface area (Å²) in [6.45, 7) is 1.72. The Morgan fingerprint density at radius 3 is 2.43 bits per heavy atom. The van der Waals surface area contributed by atoms with Gasteiger partial charge in [-0.15, -0.1) is 0 Å². The van der Waals surface area contributed by atoms with Gasteiger partial charge < -0.3 is 5.32 Å². The molecule has 0 saturated carbocycles. The fraction of sp³-hybridized carbons (Fsp3) is 0.0476. The molecule has 0 atom stereocenters. The molecule has 9 heteroatoms. The lowest BCUT2D eigenvalue weighted by atomic mass is 10.2. The molecule has 1 amide bonds. The van der Waals surface area contributed by atoms with Crippen molar-refractivity contribution in [1.29, 1.82) is 0 Å². The van der Waals surface area contributed by atoms with Crippen molar-refractivity contribution in [2.75, 3.05) is 5.32 Å². The first kappa shape index (κ1) is 18.9.